The second kappa shape index (κ2) is 5.62. The highest BCUT2D eigenvalue weighted by atomic mass is 19.1. The molecule has 3 heteroatoms. The Kier molecular flexibility index (Phi) is 3.91. The molecule has 1 aliphatic carbocycles. The SMILES string of the molecule is O=C(/C=C/c1ccc(F)cc1)NC1CCCC1. The Morgan fingerprint density at radius 3 is 2.53 bits per heavy atom. The predicted molar refractivity (Wildman–Crippen MR) is 65.8 cm³/mol. The van der Waals surface area contributed by atoms with Crippen molar-refractivity contribution in [2.45, 2.75) is 31.7 Å². The van der Waals surface area contributed by atoms with Crippen LogP contribution in [0, 0.1) is 5.82 Å². The second-order valence-electron chi connectivity index (χ2n) is 4.37. The minimum Gasteiger partial charge on any atom is -0.350 e. The van der Waals surface area contributed by atoms with Gasteiger partial charge in [0.25, 0.3) is 0 Å². The predicted octanol–water partition coefficient (Wildman–Crippen LogP) is 2.90. The summed E-state index contributed by atoms with van der Waals surface area (Å²) in [6.07, 6.45) is 7.76. The van der Waals surface area contributed by atoms with Crippen molar-refractivity contribution in [3.8, 4) is 0 Å². The smallest absolute Gasteiger partial charge is 0.244 e. The Balaban J connectivity index is 1.86. The molecule has 90 valence electrons. The number of halogens is 1. The number of hydrogen-bond donors (Lipinski definition) is 1. The highest BCUT2D eigenvalue weighted by Crippen LogP contribution is 2.17. The molecule has 0 unspecified atom stereocenters. The number of carbonyl (C=O) groups excluding carboxylic acids is 1. The van der Waals surface area contributed by atoms with Crippen LogP contribution in [0.2, 0.25) is 0 Å². The van der Waals surface area contributed by atoms with Crippen molar-refractivity contribution in [2.24, 2.45) is 0 Å². The van der Waals surface area contributed by atoms with Gasteiger partial charge in [-0.15, -0.1) is 0 Å². The van der Waals surface area contributed by atoms with E-state index in [0.717, 1.165) is 18.4 Å². The van der Waals surface area contributed by atoms with Crippen LogP contribution in [0.4, 0.5) is 4.39 Å². The van der Waals surface area contributed by atoms with Crippen LogP contribution in [0.1, 0.15) is 31.2 Å². The summed E-state index contributed by atoms with van der Waals surface area (Å²) in [6, 6.07) is 6.40. The van der Waals surface area contributed by atoms with Gasteiger partial charge in [0.2, 0.25) is 5.91 Å². The van der Waals surface area contributed by atoms with Gasteiger partial charge in [0.15, 0.2) is 0 Å². The fraction of sp³-hybridized carbons (Fsp3) is 0.357. The lowest BCUT2D eigenvalue weighted by Crippen LogP contribution is -2.30. The summed E-state index contributed by atoms with van der Waals surface area (Å²) in [5.41, 5.74) is 0.827. The number of nitrogens with one attached hydrogen (secondary N) is 1. The summed E-state index contributed by atoms with van der Waals surface area (Å²) in [5.74, 6) is -0.334. The molecule has 0 radical (unpaired) electrons. The van der Waals surface area contributed by atoms with Crippen LogP contribution < -0.4 is 5.32 Å². The zero-order chi connectivity index (χ0) is 12.1. The Hall–Kier alpha value is -1.64. The first-order chi connectivity index (χ1) is 8.24. The molecule has 1 aliphatic rings. The van der Waals surface area contributed by atoms with Crippen LogP contribution in [0.15, 0.2) is 30.3 Å². The zero-order valence-electron chi connectivity index (χ0n) is 9.66. The summed E-state index contributed by atoms with van der Waals surface area (Å²) in [5, 5.41) is 2.96. The fourth-order valence-electron chi connectivity index (χ4n) is 2.07. The maximum absolute atomic E-state index is 12.7. The molecule has 1 saturated carbocycles. The van der Waals surface area contributed by atoms with Crippen molar-refractivity contribution < 1.29 is 9.18 Å². The lowest BCUT2D eigenvalue weighted by molar-refractivity contribution is -0.117. The fourth-order valence-corrected chi connectivity index (χ4v) is 2.07. The van der Waals surface area contributed by atoms with Crippen LogP contribution in [0.5, 0.6) is 0 Å². The van der Waals surface area contributed by atoms with Crippen molar-refractivity contribution in [2.75, 3.05) is 0 Å². The maximum Gasteiger partial charge on any atom is 0.244 e. The Morgan fingerprint density at radius 2 is 1.88 bits per heavy atom. The van der Waals surface area contributed by atoms with Crippen LogP contribution in [0.25, 0.3) is 6.08 Å². The standard InChI is InChI=1S/C14H16FNO/c15-12-8-5-11(6-9-12)7-10-14(17)16-13-3-1-2-4-13/h5-10,13H,1-4H2,(H,16,17)/b10-7+. The van der Waals surface area contributed by atoms with Crippen molar-refractivity contribution in [3.63, 3.8) is 0 Å². The molecule has 1 amide bonds. The van der Waals surface area contributed by atoms with Gasteiger partial charge in [-0.05, 0) is 36.6 Å². The molecule has 1 aromatic carbocycles. The van der Waals surface area contributed by atoms with E-state index in [0.29, 0.717) is 6.04 Å². The van der Waals surface area contributed by atoms with E-state index in [-0.39, 0.29) is 11.7 Å². The van der Waals surface area contributed by atoms with Crippen LogP contribution in [-0.4, -0.2) is 11.9 Å². The first kappa shape index (κ1) is 11.8. The van der Waals surface area contributed by atoms with E-state index < -0.39 is 0 Å². The van der Waals surface area contributed by atoms with Crippen LogP contribution in [0.3, 0.4) is 0 Å². The third-order valence-electron chi connectivity index (χ3n) is 3.00. The number of rotatable bonds is 3. The third kappa shape index (κ3) is 3.70. The molecule has 0 aliphatic heterocycles. The topological polar surface area (TPSA) is 29.1 Å². The van der Waals surface area contributed by atoms with Crippen LogP contribution >= 0.6 is 0 Å². The largest absolute Gasteiger partial charge is 0.350 e. The van der Waals surface area contributed by atoms with E-state index in [4.69, 9.17) is 0 Å². The monoisotopic (exact) mass is 233 g/mol. The van der Waals surface area contributed by atoms with Gasteiger partial charge >= 0.3 is 0 Å². The molecule has 1 N–H and O–H groups in total. The van der Waals surface area contributed by atoms with Gasteiger partial charge in [-0.25, -0.2) is 4.39 Å². The van der Waals surface area contributed by atoms with Gasteiger partial charge in [-0.3, -0.25) is 4.79 Å². The van der Waals surface area contributed by atoms with Gasteiger partial charge in [0.05, 0.1) is 0 Å². The quantitative estimate of drug-likeness (QED) is 0.799. The first-order valence-corrected chi connectivity index (χ1v) is 5.98. The molecule has 2 nitrogen and oxygen atoms in total. The van der Waals surface area contributed by atoms with E-state index in [2.05, 4.69) is 5.32 Å². The number of carbonyl (C=O) groups is 1. The van der Waals surface area contributed by atoms with Gasteiger partial charge < -0.3 is 5.32 Å². The molecule has 0 saturated heterocycles. The molecule has 1 fully saturated rings. The minimum absolute atomic E-state index is 0.0683. The normalized spacial score (nSPS) is 16.5. The second-order valence-corrected chi connectivity index (χ2v) is 4.37. The van der Waals surface area contributed by atoms with E-state index in [1.54, 1.807) is 18.2 Å². The van der Waals surface area contributed by atoms with Gasteiger partial charge in [-0.2, -0.15) is 0 Å². The third-order valence-corrected chi connectivity index (χ3v) is 3.00. The molecule has 0 bridgehead atoms. The molecule has 17 heavy (non-hydrogen) atoms. The highest BCUT2D eigenvalue weighted by Gasteiger charge is 2.15. The molecule has 0 spiro atoms. The van der Waals surface area contributed by atoms with E-state index in [1.807, 2.05) is 0 Å². The van der Waals surface area contributed by atoms with Gasteiger partial charge in [0, 0.05) is 12.1 Å². The van der Waals surface area contributed by atoms with Crippen molar-refractivity contribution in [1.82, 2.24) is 5.32 Å². The van der Waals surface area contributed by atoms with Crippen molar-refractivity contribution in [3.05, 3.63) is 41.7 Å². The summed E-state index contributed by atoms with van der Waals surface area (Å²) < 4.78 is 12.7. The van der Waals surface area contributed by atoms with Crippen LogP contribution in [-0.2, 0) is 4.79 Å². The molecule has 2 rings (SSSR count). The molecular weight excluding hydrogens is 217 g/mol. The first-order valence-electron chi connectivity index (χ1n) is 5.98. The average Bonchev–Trinajstić information content (AvgIpc) is 2.81. The minimum atomic E-state index is -0.266. The average molecular weight is 233 g/mol. The maximum atomic E-state index is 12.7. The van der Waals surface area contributed by atoms with E-state index >= 15 is 0 Å². The summed E-state index contributed by atoms with van der Waals surface area (Å²) >= 11 is 0. The summed E-state index contributed by atoms with van der Waals surface area (Å²) in [4.78, 5) is 11.6. The van der Waals surface area contributed by atoms with Gasteiger partial charge in [-0.1, -0.05) is 25.0 Å². The van der Waals surface area contributed by atoms with E-state index in [9.17, 15) is 9.18 Å². The molecular formula is C14H16FNO. The van der Waals surface area contributed by atoms with Gasteiger partial charge in [0.1, 0.15) is 5.82 Å². The van der Waals surface area contributed by atoms with Crippen molar-refractivity contribution >= 4 is 12.0 Å². The lowest BCUT2D eigenvalue weighted by Gasteiger charge is -2.08. The van der Waals surface area contributed by atoms with E-state index in [1.165, 1.54) is 31.1 Å². The molecule has 0 heterocycles. The Bertz CT molecular complexity index is 405. The summed E-state index contributed by atoms with van der Waals surface area (Å²) in [6.45, 7) is 0. The Labute approximate surface area is 101 Å². The zero-order valence-corrected chi connectivity index (χ0v) is 9.66. The molecule has 0 atom stereocenters. The molecule has 1 aromatic rings. The number of hydrogen-bond acceptors (Lipinski definition) is 1. The number of benzene rings is 1. The Morgan fingerprint density at radius 1 is 1.24 bits per heavy atom. The lowest BCUT2D eigenvalue weighted by atomic mass is 10.2. The van der Waals surface area contributed by atoms with Crippen molar-refractivity contribution in [1.29, 1.82) is 0 Å². The molecule has 0 aromatic heterocycles. The highest BCUT2D eigenvalue weighted by molar-refractivity contribution is 5.91. The number of amides is 1. The summed E-state index contributed by atoms with van der Waals surface area (Å²) in [7, 11) is 0.